The normalized spacial score (nSPS) is 10.9. The Morgan fingerprint density at radius 3 is 2.57 bits per heavy atom. The summed E-state index contributed by atoms with van der Waals surface area (Å²) < 4.78 is 1.62. The number of para-hydroxylation sites is 1. The molecule has 108 valence electrons. The molecule has 0 amide bonds. The third-order valence-corrected chi connectivity index (χ3v) is 2.76. The molecular weight excluding hydrogens is 266 g/mol. The molecule has 1 aromatic carbocycles. The van der Waals surface area contributed by atoms with Crippen LogP contribution in [0.15, 0.2) is 30.5 Å². The quantitative estimate of drug-likeness (QED) is 0.482. The van der Waals surface area contributed by atoms with E-state index < -0.39 is 4.92 Å². The number of aryl methyl sites for hydroxylation is 1. The smallest absolute Gasteiger partial charge is 0.274 e. The fraction of sp³-hybridized carbons (Fsp3) is 0.312. The predicted molar refractivity (Wildman–Crippen MR) is 81.6 cm³/mol. The summed E-state index contributed by atoms with van der Waals surface area (Å²) in [6.07, 6.45) is 1.78. The number of rotatable bonds is 2. The first-order valence-corrected chi connectivity index (χ1v) is 6.58. The average Bonchev–Trinajstić information content (AvgIpc) is 2.76. The van der Waals surface area contributed by atoms with E-state index in [0.29, 0.717) is 16.8 Å². The number of aromatic nitrogens is 2. The van der Waals surface area contributed by atoms with Gasteiger partial charge in [0.05, 0.1) is 16.1 Å². The summed E-state index contributed by atoms with van der Waals surface area (Å²) in [5.41, 5.74) is 1.62. The number of hydrogen-bond donors (Lipinski definition) is 0. The van der Waals surface area contributed by atoms with Gasteiger partial charge >= 0.3 is 0 Å². The van der Waals surface area contributed by atoms with E-state index in [2.05, 4.69) is 16.9 Å². The third kappa shape index (κ3) is 3.48. The van der Waals surface area contributed by atoms with Crippen molar-refractivity contribution in [2.75, 3.05) is 0 Å². The summed E-state index contributed by atoms with van der Waals surface area (Å²) >= 11 is 0. The van der Waals surface area contributed by atoms with E-state index in [0.717, 1.165) is 0 Å². The van der Waals surface area contributed by atoms with Crippen molar-refractivity contribution in [1.29, 1.82) is 0 Å². The van der Waals surface area contributed by atoms with Crippen LogP contribution in [-0.4, -0.2) is 14.7 Å². The fourth-order valence-corrected chi connectivity index (χ4v) is 1.87. The molecule has 1 aromatic heterocycles. The molecule has 0 spiro atoms. The minimum absolute atomic E-state index is 0.0370. The monoisotopic (exact) mass is 283 g/mol. The summed E-state index contributed by atoms with van der Waals surface area (Å²) in [5.74, 6) is 6.22. The summed E-state index contributed by atoms with van der Waals surface area (Å²) in [5, 5.41) is 15.5. The second-order valence-electron chi connectivity index (χ2n) is 5.84. The zero-order valence-electron chi connectivity index (χ0n) is 12.5. The second kappa shape index (κ2) is 5.41. The van der Waals surface area contributed by atoms with Crippen molar-refractivity contribution in [3.05, 3.63) is 46.1 Å². The molecule has 21 heavy (non-hydrogen) atoms. The molecular formula is C16H17N3O2. The summed E-state index contributed by atoms with van der Waals surface area (Å²) in [6, 6.07) is 6.58. The van der Waals surface area contributed by atoms with Crippen LogP contribution in [0.4, 0.5) is 5.69 Å². The Kier molecular flexibility index (Phi) is 3.81. The predicted octanol–water partition coefficient (Wildman–Crippen LogP) is 3.39. The van der Waals surface area contributed by atoms with E-state index in [4.69, 9.17) is 0 Å². The van der Waals surface area contributed by atoms with Crippen LogP contribution in [0.5, 0.6) is 0 Å². The van der Waals surface area contributed by atoms with Crippen LogP contribution in [0.2, 0.25) is 0 Å². The summed E-state index contributed by atoms with van der Waals surface area (Å²) in [6.45, 7) is 6.04. The maximum Gasteiger partial charge on any atom is 0.278 e. The Bertz CT molecular complexity index is 743. The van der Waals surface area contributed by atoms with Crippen LogP contribution in [0, 0.1) is 27.4 Å². The van der Waals surface area contributed by atoms with Crippen molar-refractivity contribution in [2.45, 2.75) is 20.8 Å². The Hall–Kier alpha value is -2.61. The van der Waals surface area contributed by atoms with E-state index >= 15 is 0 Å². The minimum atomic E-state index is -0.398. The highest BCUT2D eigenvalue weighted by molar-refractivity contribution is 5.75. The average molecular weight is 283 g/mol. The highest BCUT2D eigenvalue weighted by Crippen LogP contribution is 2.30. The van der Waals surface area contributed by atoms with Crippen molar-refractivity contribution >= 4 is 5.69 Å². The van der Waals surface area contributed by atoms with Crippen molar-refractivity contribution in [3.8, 4) is 23.1 Å². The number of benzene rings is 1. The van der Waals surface area contributed by atoms with E-state index in [9.17, 15) is 10.1 Å². The number of nitro benzene ring substituents is 1. The lowest BCUT2D eigenvalue weighted by Gasteiger charge is -2.06. The van der Waals surface area contributed by atoms with Gasteiger partial charge in [-0.3, -0.25) is 14.8 Å². The largest absolute Gasteiger partial charge is 0.278 e. The molecule has 0 bridgehead atoms. The van der Waals surface area contributed by atoms with Gasteiger partial charge in [0.25, 0.3) is 5.69 Å². The number of hydrogen-bond acceptors (Lipinski definition) is 3. The molecule has 0 saturated heterocycles. The van der Waals surface area contributed by atoms with Crippen molar-refractivity contribution < 1.29 is 4.92 Å². The first-order chi connectivity index (χ1) is 9.78. The molecule has 5 heteroatoms. The third-order valence-electron chi connectivity index (χ3n) is 2.76. The zero-order chi connectivity index (χ0) is 15.6. The molecule has 0 unspecified atom stereocenters. The van der Waals surface area contributed by atoms with E-state index in [-0.39, 0.29) is 11.1 Å². The first kappa shape index (κ1) is 14.8. The maximum absolute atomic E-state index is 11.2. The SMILES string of the molecule is Cn1cc(C#CC(C)(C)C)c(-c2ccccc2[N+](=O)[O-])n1. The molecule has 1 heterocycles. The molecule has 0 aliphatic rings. The zero-order valence-corrected chi connectivity index (χ0v) is 12.5. The van der Waals surface area contributed by atoms with Gasteiger partial charge < -0.3 is 0 Å². The topological polar surface area (TPSA) is 61.0 Å². The number of nitrogens with zero attached hydrogens (tertiary/aromatic N) is 3. The van der Waals surface area contributed by atoms with Crippen LogP contribution in [-0.2, 0) is 7.05 Å². The van der Waals surface area contributed by atoms with Crippen LogP contribution in [0.1, 0.15) is 26.3 Å². The van der Waals surface area contributed by atoms with Crippen molar-refractivity contribution in [3.63, 3.8) is 0 Å². The van der Waals surface area contributed by atoms with Gasteiger partial charge in [-0.15, -0.1) is 0 Å². The minimum Gasteiger partial charge on any atom is -0.274 e. The molecule has 0 saturated carbocycles. The van der Waals surface area contributed by atoms with Gasteiger partial charge in [0.15, 0.2) is 0 Å². The Balaban J connectivity index is 2.60. The van der Waals surface area contributed by atoms with Crippen LogP contribution >= 0.6 is 0 Å². The lowest BCUT2D eigenvalue weighted by Crippen LogP contribution is -1.99. The van der Waals surface area contributed by atoms with E-state index in [1.54, 1.807) is 36.1 Å². The van der Waals surface area contributed by atoms with Gasteiger partial charge in [-0.1, -0.05) is 24.0 Å². The van der Waals surface area contributed by atoms with Gasteiger partial charge in [-0.25, -0.2) is 0 Å². The fourth-order valence-electron chi connectivity index (χ4n) is 1.87. The highest BCUT2D eigenvalue weighted by atomic mass is 16.6. The molecule has 0 aliphatic heterocycles. The molecule has 5 nitrogen and oxygen atoms in total. The van der Waals surface area contributed by atoms with Gasteiger partial charge in [-0.05, 0) is 26.8 Å². The van der Waals surface area contributed by atoms with Crippen LogP contribution < -0.4 is 0 Å². The molecule has 0 N–H and O–H groups in total. The molecule has 0 fully saturated rings. The molecule has 0 radical (unpaired) electrons. The Morgan fingerprint density at radius 1 is 1.29 bits per heavy atom. The van der Waals surface area contributed by atoms with E-state index in [1.165, 1.54) is 6.07 Å². The van der Waals surface area contributed by atoms with Gasteiger partial charge in [0, 0.05) is 24.7 Å². The second-order valence-corrected chi connectivity index (χ2v) is 5.84. The molecule has 0 atom stereocenters. The van der Waals surface area contributed by atoms with Crippen LogP contribution in [0.25, 0.3) is 11.3 Å². The number of nitro groups is 1. The van der Waals surface area contributed by atoms with Crippen LogP contribution in [0.3, 0.4) is 0 Å². The molecule has 2 rings (SSSR count). The lowest BCUT2D eigenvalue weighted by atomic mass is 9.97. The van der Waals surface area contributed by atoms with Crippen molar-refractivity contribution in [2.24, 2.45) is 12.5 Å². The molecule has 2 aromatic rings. The highest BCUT2D eigenvalue weighted by Gasteiger charge is 2.19. The van der Waals surface area contributed by atoms with Gasteiger partial charge in [0.1, 0.15) is 5.69 Å². The lowest BCUT2D eigenvalue weighted by molar-refractivity contribution is -0.384. The Labute approximate surface area is 123 Å². The standard InChI is InChI=1S/C16H17N3O2/c1-16(2,3)10-9-12-11-18(4)17-15(12)13-7-5-6-8-14(13)19(20)21/h5-8,11H,1-4H3. The summed E-state index contributed by atoms with van der Waals surface area (Å²) in [7, 11) is 1.78. The van der Waals surface area contributed by atoms with E-state index in [1.807, 2.05) is 20.8 Å². The van der Waals surface area contributed by atoms with Gasteiger partial charge in [0.2, 0.25) is 0 Å². The van der Waals surface area contributed by atoms with Gasteiger partial charge in [-0.2, -0.15) is 5.10 Å². The maximum atomic E-state index is 11.2. The molecule has 0 aliphatic carbocycles. The first-order valence-electron chi connectivity index (χ1n) is 6.58. The Morgan fingerprint density at radius 2 is 1.95 bits per heavy atom. The summed E-state index contributed by atoms with van der Waals surface area (Å²) in [4.78, 5) is 10.8. The van der Waals surface area contributed by atoms with Crippen molar-refractivity contribution in [1.82, 2.24) is 9.78 Å².